The van der Waals surface area contributed by atoms with Gasteiger partial charge in [0.25, 0.3) is 0 Å². The third-order valence-electron chi connectivity index (χ3n) is 4.53. The molecule has 1 aromatic rings. The monoisotopic (exact) mass is 313 g/mol. The van der Waals surface area contributed by atoms with Crippen LogP contribution in [0.5, 0.6) is 0 Å². The second kappa shape index (κ2) is 8.16. The van der Waals surface area contributed by atoms with Crippen LogP contribution in [-0.2, 0) is 19.5 Å². The molecule has 0 aromatic carbocycles. The standard InChI is InChI=1S/C16H28ClN3O/c1-3-14-16(17)15(20(4-2)18-14)12-19(10-11-21)13-8-6-5-7-9-13/h13,21H,3-12H2,1-2H3. The van der Waals surface area contributed by atoms with E-state index in [1.807, 2.05) is 4.68 Å². The molecule has 0 atom stereocenters. The van der Waals surface area contributed by atoms with Crippen LogP contribution in [0.4, 0.5) is 0 Å². The van der Waals surface area contributed by atoms with E-state index in [2.05, 4.69) is 23.8 Å². The van der Waals surface area contributed by atoms with Crippen LogP contribution in [0, 0.1) is 0 Å². The van der Waals surface area contributed by atoms with Crippen LogP contribution in [0.3, 0.4) is 0 Å². The molecule has 1 aromatic heterocycles. The third kappa shape index (κ3) is 3.99. The van der Waals surface area contributed by atoms with Gasteiger partial charge in [0.2, 0.25) is 0 Å². The summed E-state index contributed by atoms with van der Waals surface area (Å²) in [5.41, 5.74) is 2.09. The van der Waals surface area contributed by atoms with Crippen molar-refractivity contribution in [1.29, 1.82) is 0 Å². The van der Waals surface area contributed by atoms with Gasteiger partial charge in [-0.05, 0) is 26.2 Å². The highest BCUT2D eigenvalue weighted by Crippen LogP contribution is 2.27. The van der Waals surface area contributed by atoms with Crippen LogP contribution in [0.1, 0.15) is 57.3 Å². The number of aliphatic hydroxyl groups is 1. The first kappa shape index (κ1) is 16.8. The minimum Gasteiger partial charge on any atom is -0.395 e. The quantitative estimate of drug-likeness (QED) is 0.840. The Kier molecular flexibility index (Phi) is 6.52. The molecule has 0 saturated heterocycles. The van der Waals surface area contributed by atoms with Gasteiger partial charge in [-0.3, -0.25) is 9.58 Å². The summed E-state index contributed by atoms with van der Waals surface area (Å²) < 4.78 is 2.02. The fourth-order valence-corrected chi connectivity index (χ4v) is 3.65. The summed E-state index contributed by atoms with van der Waals surface area (Å²) >= 11 is 6.52. The molecule has 0 unspecified atom stereocenters. The molecule has 120 valence electrons. The number of hydrogen-bond acceptors (Lipinski definition) is 3. The number of halogens is 1. The summed E-state index contributed by atoms with van der Waals surface area (Å²) in [6.07, 6.45) is 7.28. The van der Waals surface area contributed by atoms with Gasteiger partial charge in [-0.1, -0.05) is 37.8 Å². The Morgan fingerprint density at radius 3 is 2.57 bits per heavy atom. The highest BCUT2D eigenvalue weighted by molar-refractivity contribution is 6.31. The van der Waals surface area contributed by atoms with Crippen molar-refractivity contribution in [3.8, 4) is 0 Å². The van der Waals surface area contributed by atoms with E-state index < -0.39 is 0 Å². The highest BCUT2D eigenvalue weighted by Gasteiger charge is 2.24. The maximum Gasteiger partial charge on any atom is 0.0863 e. The van der Waals surface area contributed by atoms with E-state index in [-0.39, 0.29) is 6.61 Å². The predicted molar refractivity (Wildman–Crippen MR) is 86.7 cm³/mol. The number of aliphatic hydroxyl groups excluding tert-OH is 1. The van der Waals surface area contributed by atoms with Gasteiger partial charge in [0.05, 0.1) is 23.0 Å². The average Bonchev–Trinajstić information content (AvgIpc) is 2.83. The lowest BCUT2D eigenvalue weighted by Crippen LogP contribution is -2.38. The molecular weight excluding hydrogens is 286 g/mol. The van der Waals surface area contributed by atoms with Crippen molar-refractivity contribution in [2.24, 2.45) is 0 Å². The first-order chi connectivity index (χ1) is 10.2. The first-order valence-corrected chi connectivity index (χ1v) is 8.68. The van der Waals surface area contributed by atoms with Gasteiger partial charge in [-0.2, -0.15) is 5.10 Å². The molecule has 5 heteroatoms. The van der Waals surface area contributed by atoms with E-state index in [0.717, 1.165) is 42.5 Å². The topological polar surface area (TPSA) is 41.3 Å². The maximum absolute atomic E-state index is 9.40. The first-order valence-electron chi connectivity index (χ1n) is 8.30. The Morgan fingerprint density at radius 2 is 2.00 bits per heavy atom. The molecular formula is C16H28ClN3O. The van der Waals surface area contributed by atoms with Crippen LogP contribution in [0.2, 0.25) is 5.02 Å². The van der Waals surface area contributed by atoms with Gasteiger partial charge < -0.3 is 5.11 Å². The van der Waals surface area contributed by atoms with Gasteiger partial charge in [0, 0.05) is 25.7 Å². The summed E-state index contributed by atoms with van der Waals surface area (Å²) in [7, 11) is 0. The van der Waals surface area contributed by atoms with Crippen molar-refractivity contribution < 1.29 is 5.11 Å². The van der Waals surface area contributed by atoms with Gasteiger partial charge in [-0.15, -0.1) is 0 Å². The zero-order chi connectivity index (χ0) is 15.2. The zero-order valence-corrected chi connectivity index (χ0v) is 14.1. The summed E-state index contributed by atoms with van der Waals surface area (Å²) in [6, 6.07) is 0.576. The molecule has 1 aliphatic carbocycles. The largest absolute Gasteiger partial charge is 0.395 e. The molecule has 21 heavy (non-hydrogen) atoms. The lowest BCUT2D eigenvalue weighted by atomic mass is 9.94. The van der Waals surface area contributed by atoms with E-state index in [1.54, 1.807) is 0 Å². The van der Waals surface area contributed by atoms with E-state index in [0.29, 0.717) is 6.04 Å². The van der Waals surface area contributed by atoms with Gasteiger partial charge >= 0.3 is 0 Å². The third-order valence-corrected chi connectivity index (χ3v) is 4.96. The normalized spacial score (nSPS) is 16.8. The van der Waals surface area contributed by atoms with Crippen molar-refractivity contribution in [2.45, 2.75) is 71.5 Å². The van der Waals surface area contributed by atoms with Crippen molar-refractivity contribution in [2.75, 3.05) is 13.2 Å². The minimum atomic E-state index is 0.203. The van der Waals surface area contributed by atoms with Crippen LogP contribution < -0.4 is 0 Å². The van der Waals surface area contributed by atoms with Crippen LogP contribution >= 0.6 is 11.6 Å². The van der Waals surface area contributed by atoms with E-state index in [1.165, 1.54) is 32.1 Å². The van der Waals surface area contributed by atoms with E-state index in [9.17, 15) is 5.11 Å². The van der Waals surface area contributed by atoms with Crippen LogP contribution in [-0.4, -0.2) is 39.0 Å². The number of rotatable bonds is 7. The second-order valence-electron chi connectivity index (χ2n) is 5.86. The number of hydrogen-bond donors (Lipinski definition) is 1. The minimum absolute atomic E-state index is 0.203. The smallest absolute Gasteiger partial charge is 0.0863 e. The fraction of sp³-hybridized carbons (Fsp3) is 0.812. The lowest BCUT2D eigenvalue weighted by molar-refractivity contribution is 0.114. The lowest BCUT2D eigenvalue weighted by Gasteiger charge is -2.34. The van der Waals surface area contributed by atoms with Gasteiger partial charge in [0.1, 0.15) is 0 Å². The number of aryl methyl sites for hydroxylation is 2. The van der Waals surface area contributed by atoms with Gasteiger partial charge in [0.15, 0.2) is 0 Å². The molecule has 1 N–H and O–H groups in total. The fourth-order valence-electron chi connectivity index (χ4n) is 3.33. The molecule has 1 heterocycles. The summed E-state index contributed by atoms with van der Waals surface area (Å²) in [5, 5.41) is 14.8. The molecule has 0 bridgehead atoms. The molecule has 4 nitrogen and oxygen atoms in total. The summed E-state index contributed by atoms with van der Waals surface area (Å²) in [6.45, 7) is 6.75. The van der Waals surface area contributed by atoms with E-state index in [4.69, 9.17) is 11.6 Å². The van der Waals surface area contributed by atoms with Crippen LogP contribution in [0.25, 0.3) is 0 Å². The van der Waals surface area contributed by atoms with Crippen molar-refractivity contribution >= 4 is 11.6 Å². The SMILES string of the molecule is CCc1nn(CC)c(CN(CCO)C2CCCCC2)c1Cl. The molecule has 0 spiro atoms. The van der Waals surface area contributed by atoms with Crippen molar-refractivity contribution in [3.05, 3.63) is 16.4 Å². The van der Waals surface area contributed by atoms with E-state index >= 15 is 0 Å². The Hall–Kier alpha value is -0.580. The van der Waals surface area contributed by atoms with Gasteiger partial charge in [-0.25, -0.2) is 0 Å². The van der Waals surface area contributed by atoms with Crippen molar-refractivity contribution in [3.63, 3.8) is 0 Å². The van der Waals surface area contributed by atoms with Crippen molar-refractivity contribution in [1.82, 2.24) is 14.7 Å². The molecule has 0 amide bonds. The average molecular weight is 314 g/mol. The zero-order valence-electron chi connectivity index (χ0n) is 13.3. The Morgan fingerprint density at radius 1 is 1.29 bits per heavy atom. The molecule has 1 saturated carbocycles. The summed E-state index contributed by atoms with van der Waals surface area (Å²) in [5.74, 6) is 0. The Bertz CT molecular complexity index is 441. The maximum atomic E-state index is 9.40. The molecule has 1 fully saturated rings. The Labute approximate surface area is 133 Å². The van der Waals surface area contributed by atoms with Crippen LogP contribution in [0.15, 0.2) is 0 Å². The number of aromatic nitrogens is 2. The molecule has 2 rings (SSSR count). The highest BCUT2D eigenvalue weighted by atomic mass is 35.5. The molecule has 0 aliphatic heterocycles. The number of nitrogens with zero attached hydrogens (tertiary/aromatic N) is 3. The Balaban J connectivity index is 2.17. The molecule has 1 aliphatic rings. The molecule has 0 radical (unpaired) electrons. The predicted octanol–water partition coefficient (Wildman–Crippen LogP) is 3.25. The second-order valence-corrected chi connectivity index (χ2v) is 6.24. The summed E-state index contributed by atoms with van der Waals surface area (Å²) in [4.78, 5) is 2.40.